The Balaban J connectivity index is 1.79. The van der Waals surface area contributed by atoms with Crippen molar-refractivity contribution in [1.29, 1.82) is 0 Å². The topological polar surface area (TPSA) is 67.2 Å². The number of urea groups is 1. The molecule has 0 spiro atoms. The number of amides is 2. The van der Waals surface area contributed by atoms with Crippen LogP contribution in [-0.4, -0.2) is 6.03 Å². The molecule has 1 aliphatic rings. The van der Waals surface area contributed by atoms with Crippen molar-refractivity contribution in [2.24, 2.45) is 5.73 Å². The summed E-state index contributed by atoms with van der Waals surface area (Å²) in [4.78, 5) is 12.4. The molecule has 2 aromatic rings. The van der Waals surface area contributed by atoms with Gasteiger partial charge in [-0.2, -0.15) is 0 Å². The van der Waals surface area contributed by atoms with E-state index in [0.29, 0.717) is 11.7 Å². The average molecular weight is 366 g/mol. The molecule has 21 heavy (non-hydrogen) atoms. The highest BCUT2D eigenvalue weighted by atomic mass is 79.9. The molecular weight excluding hydrogens is 350 g/mol. The number of hydrogen-bond donors (Lipinski definition) is 3. The average Bonchev–Trinajstić information content (AvgIpc) is 2.80. The molecule has 1 aromatic carbocycles. The van der Waals surface area contributed by atoms with Crippen LogP contribution in [0.4, 0.5) is 16.2 Å². The number of nitrogens with one attached hydrogen (secondary N) is 2. The van der Waals surface area contributed by atoms with Crippen LogP contribution >= 0.6 is 27.3 Å². The second kappa shape index (κ2) is 6.07. The van der Waals surface area contributed by atoms with Gasteiger partial charge in [0.25, 0.3) is 0 Å². The fourth-order valence-corrected chi connectivity index (χ4v) is 4.52. The fraction of sp³-hybridized carbons (Fsp3) is 0.267. The lowest BCUT2D eigenvalue weighted by Crippen LogP contribution is -2.19. The number of primary amides is 1. The lowest BCUT2D eigenvalue weighted by molar-refractivity contribution is 0.259. The third-order valence-electron chi connectivity index (χ3n) is 3.55. The number of hydrogen-bond acceptors (Lipinski definition) is 3. The lowest BCUT2D eigenvalue weighted by atomic mass is 9.94. The Hall–Kier alpha value is -1.53. The number of carbonyl (C=O) groups is 1. The fourth-order valence-electron chi connectivity index (χ4n) is 2.70. The molecule has 1 aromatic heterocycles. The Morgan fingerprint density at radius 1 is 1.33 bits per heavy atom. The molecule has 1 atom stereocenters. The number of thiophene rings is 1. The number of benzene rings is 1. The van der Waals surface area contributed by atoms with Gasteiger partial charge in [0.05, 0.1) is 9.83 Å². The summed E-state index contributed by atoms with van der Waals surface area (Å²) >= 11 is 5.39. The summed E-state index contributed by atoms with van der Waals surface area (Å²) in [6.45, 7) is 0. The van der Waals surface area contributed by atoms with E-state index in [2.05, 4.69) is 32.6 Å². The third kappa shape index (κ3) is 3.39. The van der Waals surface area contributed by atoms with Gasteiger partial charge in [-0.3, -0.25) is 0 Å². The largest absolute Gasteiger partial charge is 0.378 e. The minimum absolute atomic E-state index is 0.320. The number of anilines is 2. The first kappa shape index (κ1) is 14.4. The molecule has 0 saturated carbocycles. The van der Waals surface area contributed by atoms with Crippen LogP contribution in [0.25, 0.3) is 0 Å². The Morgan fingerprint density at radius 3 is 2.95 bits per heavy atom. The SMILES string of the molecule is NC(=O)Nc1cccc(NC2CCCc3sc(Br)cc32)c1. The second-order valence-electron chi connectivity index (χ2n) is 5.09. The standard InChI is InChI=1S/C15H16BrN3OS/c16-14-8-11-12(5-2-6-13(11)21-14)18-9-3-1-4-10(7-9)19-15(17)20/h1,3-4,7-8,12,18H,2,5-6H2,(H3,17,19,20). The van der Waals surface area contributed by atoms with Crippen LogP contribution in [-0.2, 0) is 6.42 Å². The highest BCUT2D eigenvalue weighted by Gasteiger charge is 2.22. The van der Waals surface area contributed by atoms with E-state index < -0.39 is 6.03 Å². The Kier molecular flexibility index (Phi) is 4.17. The highest BCUT2D eigenvalue weighted by molar-refractivity contribution is 9.11. The predicted molar refractivity (Wildman–Crippen MR) is 91.0 cm³/mol. The molecule has 1 aliphatic carbocycles. The van der Waals surface area contributed by atoms with Gasteiger partial charge in [-0.25, -0.2) is 4.79 Å². The Labute approximate surface area is 135 Å². The van der Waals surface area contributed by atoms with E-state index in [1.165, 1.54) is 20.6 Å². The van der Waals surface area contributed by atoms with Gasteiger partial charge in [0.2, 0.25) is 0 Å². The molecule has 6 heteroatoms. The monoisotopic (exact) mass is 365 g/mol. The molecule has 4 N–H and O–H groups in total. The molecule has 0 fully saturated rings. The molecule has 4 nitrogen and oxygen atoms in total. The van der Waals surface area contributed by atoms with Gasteiger partial charge in [0, 0.05) is 16.3 Å². The molecule has 2 amide bonds. The molecule has 3 rings (SSSR count). The van der Waals surface area contributed by atoms with Gasteiger partial charge in [-0.05, 0) is 65.0 Å². The maximum atomic E-state index is 10.9. The smallest absolute Gasteiger partial charge is 0.316 e. The van der Waals surface area contributed by atoms with Gasteiger partial charge in [0.1, 0.15) is 0 Å². The molecule has 1 unspecified atom stereocenters. The molecule has 110 valence electrons. The summed E-state index contributed by atoms with van der Waals surface area (Å²) in [5.41, 5.74) is 8.22. The van der Waals surface area contributed by atoms with Crippen molar-refractivity contribution in [2.75, 3.05) is 10.6 Å². The summed E-state index contributed by atoms with van der Waals surface area (Å²) < 4.78 is 1.19. The summed E-state index contributed by atoms with van der Waals surface area (Å²) in [5.74, 6) is 0. The zero-order valence-corrected chi connectivity index (χ0v) is 13.8. The molecule has 0 saturated heterocycles. The molecule has 0 aliphatic heterocycles. The van der Waals surface area contributed by atoms with Crippen molar-refractivity contribution in [3.05, 3.63) is 44.6 Å². The van der Waals surface area contributed by atoms with Gasteiger partial charge >= 0.3 is 6.03 Å². The first-order chi connectivity index (χ1) is 10.1. The van der Waals surface area contributed by atoms with Crippen molar-refractivity contribution in [3.8, 4) is 0 Å². The van der Waals surface area contributed by atoms with Gasteiger partial charge < -0.3 is 16.4 Å². The van der Waals surface area contributed by atoms with E-state index in [4.69, 9.17) is 5.73 Å². The van der Waals surface area contributed by atoms with Crippen molar-refractivity contribution < 1.29 is 4.79 Å². The Morgan fingerprint density at radius 2 is 2.14 bits per heavy atom. The summed E-state index contributed by atoms with van der Waals surface area (Å²) in [7, 11) is 0. The van der Waals surface area contributed by atoms with Crippen LogP contribution in [0.5, 0.6) is 0 Å². The zero-order valence-electron chi connectivity index (χ0n) is 11.4. The number of rotatable bonds is 3. The van der Waals surface area contributed by atoms with E-state index in [-0.39, 0.29) is 0 Å². The number of aryl methyl sites for hydroxylation is 1. The van der Waals surface area contributed by atoms with E-state index >= 15 is 0 Å². The van der Waals surface area contributed by atoms with Crippen molar-refractivity contribution in [3.63, 3.8) is 0 Å². The molecular formula is C15H16BrN3OS. The maximum absolute atomic E-state index is 10.9. The lowest BCUT2D eigenvalue weighted by Gasteiger charge is -2.24. The molecule has 0 bridgehead atoms. The Bertz CT molecular complexity index is 671. The van der Waals surface area contributed by atoms with Crippen LogP contribution in [0.15, 0.2) is 34.1 Å². The van der Waals surface area contributed by atoms with Crippen LogP contribution in [0.3, 0.4) is 0 Å². The van der Waals surface area contributed by atoms with Gasteiger partial charge in [-0.1, -0.05) is 6.07 Å². The summed E-state index contributed by atoms with van der Waals surface area (Å²) in [5, 5.41) is 6.16. The maximum Gasteiger partial charge on any atom is 0.316 e. The quantitative estimate of drug-likeness (QED) is 0.749. The van der Waals surface area contributed by atoms with Crippen molar-refractivity contribution >= 4 is 44.7 Å². The van der Waals surface area contributed by atoms with Gasteiger partial charge in [0.15, 0.2) is 0 Å². The zero-order chi connectivity index (χ0) is 14.8. The van der Waals surface area contributed by atoms with E-state index in [0.717, 1.165) is 18.5 Å². The number of carbonyl (C=O) groups excluding carboxylic acids is 1. The molecule has 1 heterocycles. The third-order valence-corrected chi connectivity index (χ3v) is 5.27. The first-order valence-electron chi connectivity index (χ1n) is 6.83. The normalized spacial score (nSPS) is 17.1. The minimum atomic E-state index is -0.547. The minimum Gasteiger partial charge on any atom is -0.378 e. The van der Waals surface area contributed by atoms with Crippen LogP contribution in [0, 0.1) is 0 Å². The van der Waals surface area contributed by atoms with E-state index in [9.17, 15) is 4.79 Å². The second-order valence-corrected chi connectivity index (χ2v) is 7.60. The van der Waals surface area contributed by atoms with E-state index in [1.807, 2.05) is 35.6 Å². The molecule has 0 radical (unpaired) electrons. The van der Waals surface area contributed by atoms with Crippen LogP contribution in [0.2, 0.25) is 0 Å². The summed E-state index contributed by atoms with van der Waals surface area (Å²) in [6, 6.07) is 9.61. The first-order valence-corrected chi connectivity index (χ1v) is 8.44. The predicted octanol–water partition coefficient (Wildman–Crippen LogP) is 4.49. The number of nitrogens with two attached hydrogens (primary N) is 1. The van der Waals surface area contributed by atoms with Gasteiger partial charge in [-0.15, -0.1) is 11.3 Å². The van der Waals surface area contributed by atoms with Crippen LogP contribution < -0.4 is 16.4 Å². The van der Waals surface area contributed by atoms with E-state index in [1.54, 1.807) is 0 Å². The van der Waals surface area contributed by atoms with Crippen molar-refractivity contribution in [1.82, 2.24) is 0 Å². The number of halogens is 1. The summed E-state index contributed by atoms with van der Waals surface area (Å²) in [6.07, 6.45) is 3.47. The van der Waals surface area contributed by atoms with Crippen LogP contribution in [0.1, 0.15) is 29.3 Å². The highest BCUT2D eigenvalue weighted by Crippen LogP contribution is 2.39. The van der Waals surface area contributed by atoms with Crippen molar-refractivity contribution in [2.45, 2.75) is 25.3 Å². The number of fused-ring (bicyclic) bond motifs is 1.